The number of benzene rings is 7. The maximum atomic E-state index is 5.14. The van der Waals surface area contributed by atoms with E-state index >= 15 is 0 Å². The molecule has 1 heterocycles. The third-order valence-electron chi connectivity index (χ3n) is 14.7. The number of hydrogen-bond acceptors (Lipinski definition) is 2. The molecule has 2 saturated carbocycles. The van der Waals surface area contributed by atoms with Crippen LogP contribution in [0.3, 0.4) is 0 Å². The molecule has 290 valence electrons. The van der Waals surface area contributed by atoms with E-state index in [1.165, 1.54) is 109 Å². The summed E-state index contributed by atoms with van der Waals surface area (Å²) in [4.78, 5) is 10.2. The van der Waals surface area contributed by atoms with E-state index in [1.807, 2.05) is 24.3 Å². The molecule has 0 bridgehead atoms. The summed E-state index contributed by atoms with van der Waals surface area (Å²) in [6.07, 6.45) is 13.0. The molecule has 0 N–H and O–H groups in total. The first-order valence-electron chi connectivity index (χ1n) is 22.3. The molecule has 2 spiro atoms. The minimum atomic E-state index is 0.109. The third-order valence-corrected chi connectivity index (χ3v) is 14.7. The summed E-state index contributed by atoms with van der Waals surface area (Å²) >= 11 is 0. The van der Waals surface area contributed by atoms with Crippen LogP contribution in [0, 0.1) is 0 Å². The van der Waals surface area contributed by atoms with E-state index in [1.54, 1.807) is 22.3 Å². The molecule has 0 unspecified atom stereocenters. The fourth-order valence-corrected chi connectivity index (χ4v) is 11.8. The molecule has 4 aliphatic carbocycles. The van der Waals surface area contributed by atoms with Gasteiger partial charge in [0.1, 0.15) is 0 Å². The molecule has 4 aliphatic rings. The molecule has 7 aromatic carbocycles. The van der Waals surface area contributed by atoms with Gasteiger partial charge < -0.3 is 0 Å². The lowest BCUT2D eigenvalue weighted by atomic mass is 9.66. The van der Waals surface area contributed by atoms with Gasteiger partial charge in [-0.2, -0.15) is 0 Å². The molecule has 60 heavy (non-hydrogen) atoms. The Bertz CT molecular complexity index is 2870. The molecule has 0 aliphatic heterocycles. The summed E-state index contributed by atoms with van der Waals surface area (Å²) in [5.41, 5.74) is 22.5. The van der Waals surface area contributed by atoms with Crippen LogP contribution in [0.25, 0.3) is 78.4 Å². The summed E-state index contributed by atoms with van der Waals surface area (Å²) in [6.45, 7) is 0. The summed E-state index contributed by atoms with van der Waals surface area (Å²) in [6, 6.07) is 63.1. The smallest absolute Gasteiger partial charge is 0.160 e. The monoisotopic (exact) mass is 772 g/mol. The quantitative estimate of drug-likeness (QED) is 0.174. The van der Waals surface area contributed by atoms with Gasteiger partial charge >= 0.3 is 0 Å². The van der Waals surface area contributed by atoms with E-state index in [0.29, 0.717) is 0 Å². The Kier molecular flexibility index (Phi) is 8.37. The van der Waals surface area contributed by atoms with Crippen molar-refractivity contribution in [3.63, 3.8) is 0 Å². The Labute approximate surface area is 354 Å². The van der Waals surface area contributed by atoms with Crippen molar-refractivity contribution >= 4 is 0 Å². The fourth-order valence-electron chi connectivity index (χ4n) is 11.8. The lowest BCUT2D eigenvalue weighted by molar-refractivity contribution is 0.350. The SMILES string of the molecule is c1ccc(-c2cc(-c3cccc(-c4cccc(-c5ccc6c(c5)-c5cc7c(cc5C65CCCCC5)-c5ccccc5C75CCCCC5)c4)c3)nc(-c3ccccc3)n2)cc1. The van der Waals surface area contributed by atoms with E-state index in [9.17, 15) is 0 Å². The second-order valence-electron chi connectivity index (χ2n) is 17.9. The first-order valence-corrected chi connectivity index (χ1v) is 22.3. The van der Waals surface area contributed by atoms with Gasteiger partial charge in [0.15, 0.2) is 5.82 Å². The van der Waals surface area contributed by atoms with Gasteiger partial charge in [-0.15, -0.1) is 0 Å². The van der Waals surface area contributed by atoms with Crippen molar-refractivity contribution in [3.05, 3.63) is 192 Å². The highest BCUT2D eigenvalue weighted by Crippen LogP contribution is 2.62. The molecule has 2 nitrogen and oxygen atoms in total. The normalized spacial score (nSPS) is 16.6. The molecule has 12 rings (SSSR count). The average Bonchev–Trinajstić information content (AvgIpc) is 3.73. The highest BCUT2D eigenvalue weighted by Gasteiger charge is 2.48. The predicted molar refractivity (Wildman–Crippen MR) is 248 cm³/mol. The Morgan fingerprint density at radius 3 is 1.37 bits per heavy atom. The van der Waals surface area contributed by atoms with Gasteiger partial charge in [0, 0.05) is 27.5 Å². The molecule has 0 saturated heterocycles. The van der Waals surface area contributed by atoms with Crippen molar-refractivity contribution in [3.8, 4) is 78.4 Å². The zero-order chi connectivity index (χ0) is 39.7. The van der Waals surface area contributed by atoms with Crippen LogP contribution in [-0.2, 0) is 10.8 Å². The predicted octanol–water partition coefficient (Wildman–Crippen LogP) is 15.3. The molecule has 0 radical (unpaired) electrons. The summed E-state index contributed by atoms with van der Waals surface area (Å²) in [7, 11) is 0. The summed E-state index contributed by atoms with van der Waals surface area (Å²) < 4.78 is 0. The van der Waals surface area contributed by atoms with Gasteiger partial charge in [-0.25, -0.2) is 9.97 Å². The van der Waals surface area contributed by atoms with Crippen molar-refractivity contribution in [2.75, 3.05) is 0 Å². The van der Waals surface area contributed by atoms with E-state index in [4.69, 9.17) is 9.97 Å². The average molecular weight is 773 g/mol. The van der Waals surface area contributed by atoms with Crippen LogP contribution in [-0.4, -0.2) is 9.97 Å². The maximum Gasteiger partial charge on any atom is 0.160 e. The van der Waals surface area contributed by atoms with Gasteiger partial charge in [-0.1, -0.05) is 172 Å². The first-order chi connectivity index (χ1) is 29.7. The van der Waals surface area contributed by atoms with E-state index < -0.39 is 0 Å². The van der Waals surface area contributed by atoms with Crippen molar-refractivity contribution in [1.29, 1.82) is 0 Å². The van der Waals surface area contributed by atoms with Crippen LogP contribution in [0.4, 0.5) is 0 Å². The van der Waals surface area contributed by atoms with E-state index in [2.05, 4.69) is 146 Å². The van der Waals surface area contributed by atoms with Crippen LogP contribution in [0.5, 0.6) is 0 Å². The number of nitrogens with zero attached hydrogens (tertiary/aromatic N) is 2. The minimum Gasteiger partial charge on any atom is -0.228 e. The summed E-state index contributed by atoms with van der Waals surface area (Å²) in [5, 5.41) is 0. The van der Waals surface area contributed by atoms with Gasteiger partial charge in [0.05, 0.1) is 11.4 Å². The van der Waals surface area contributed by atoms with Crippen molar-refractivity contribution < 1.29 is 0 Å². The lowest BCUT2D eigenvalue weighted by Gasteiger charge is -2.37. The standard InChI is InChI=1S/C58H48N2/c1-5-17-39(18-6-1)54-38-55(60-56(59-54)40-19-7-2-8-20-40)45-24-16-23-43(34-45)41-21-15-22-42(33-41)44-27-28-51-47(35-44)49-37-52-48(36-53(49)58(51)31-13-4-14-32-58)46-25-9-10-26-50(46)57(52)29-11-3-12-30-57/h1-2,5-10,15-28,33-38H,3-4,11-14,29-32H2. The van der Waals surface area contributed by atoms with Gasteiger partial charge in [0.2, 0.25) is 0 Å². The Balaban J connectivity index is 0.946. The third kappa shape index (κ3) is 5.60. The van der Waals surface area contributed by atoms with E-state index in [-0.39, 0.29) is 10.8 Å². The maximum absolute atomic E-state index is 5.14. The van der Waals surface area contributed by atoms with Gasteiger partial charge in [0.25, 0.3) is 0 Å². The van der Waals surface area contributed by atoms with Crippen LogP contribution >= 0.6 is 0 Å². The molecule has 0 atom stereocenters. The molecule has 2 heteroatoms. The van der Waals surface area contributed by atoms with Crippen molar-refractivity contribution in [2.24, 2.45) is 0 Å². The highest BCUT2D eigenvalue weighted by atomic mass is 14.9. The molecule has 2 fully saturated rings. The second-order valence-corrected chi connectivity index (χ2v) is 17.9. The molecule has 0 amide bonds. The number of aromatic nitrogens is 2. The number of hydrogen-bond donors (Lipinski definition) is 0. The first kappa shape index (κ1) is 35.6. The van der Waals surface area contributed by atoms with Gasteiger partial charge in [-0.05, 0) is 129 Å². The zero-order valence-corrected chi connectivity index (χ0v) is 34.1. The molecular weight excluding hydrogens is 725 g/mol. The zero-order valence-electron chi connectivity index (χ0n) is 34.1. The Hall–Kier alpha value is -6.38. The highest BCUT2D eigenvalue weighted by molar-refractivity contribution is 5.92. The lowest BCUT2D eigenvalue weighted by Crippen LogP contribution is -2.29. The molecular formula is C58H48N2. The Morgan fingerprint density at radius 1 is 0.283 bits per heavy atom. The minimum absolute atomic E-state index is 0.109. The topological polar surface area (TPSA) is 25.8 Å². The van der Waals surface area contributed by atoms with Crippen LogP contribution in [0.2, 0.25) is 0 Å². The number of fused-ring (bicyclic) bond motifs is 10. The molecule has 1 aromatic heterocycles. The second kappa shape index (κ2) is 14.1. The molecule has 8 aromatic rings. The van der Waals surface area contributed by atoms with E-state index in [0.717, 1.165) is 33.9 Å². The van der Waals surface area contributed by atoms with Crippen LogP contribution in [0.1, 0.15) is 86.5 Å². The van der Waals surface area contributed by atoms with Crippen LogP contribution in [0.15, 0.2) is 170 Å². The van der Waals surface area contributed by atoms with Crippen molar-refractivity contribution in [1.82, 2.24) is 9.97 Å². The van der Waals surface area contributed by atoms with Gasteiger partial charge in [-0.3, -0.25) is 0 Å². The van der Waals surface area contributed by atoms with Crippen LogP contribution < -0.4 is 0 Å². The number of rotatable bonds is 5. The largest absolute Gasteiger partial charge is 0.228 e. The Morgan fingerprint density at radius 2 is 0.733 bits per heavy atom. The fraction of sp³-hybridized carbons (Fsp3) is 0.207. The summed E-state index contributed by atoms with van der Waals surface area (Å²) in [5.74, 6) is 0.732. The van der Waals surface area contributed by atoms with Crippen molar-refractivity contribution in [2.45, 2.75) is 75.0 Å².